The number of ether oxygens (including phenoxy) is 2. The maximum atomic E-state index is 13.4. The van der Waals surface area contributed by atoms with E-state index >= 15 is 0 Å². The van der Waals surface area contributed by atoms with Gasteiger partial charge in [0.2, 0.25) is 0 Å². The van der Waals surface area contributed by atoms with E-state index < -0.39 is 17.7 Å². The highest BCUT2D eigenvalue weighted by Gasteiger charge is 2.47. The van der Waals surface area contributed by atoms with Gasteiger partial charge in [0.15, 0.2) is 0 Å². The van der Waals surface area contributed by atoms with Gasteiger partial charge in [-0.3, -0.25) is 14.5 Å². The van der Waals surface area contributed by atoms with Crippen molar-refractivity contribution in [3.05, 3.63) is 88.5 Å². The van der Waals surface area contributed by atoms with Crippen molar-refractivity contribution in [1.82, 2.24) is 0 Å². The second-order valence-corrected chi connectivity index (χ2v) is 8.56. The van der Waals surface area contributed by atoms with Crippen LogP contribution in [0.4, 0.5) is 5.69 Å². The quantitative estimate of drug-likeness (QED) is 0.262. The molecule has 1 heterocycles. The Hall–Kier alpha value is -4.26. The lowest BCUT2D eigenvalue weighted by atomic mass is 9.94. The van der Waals surface area contributed by atoms with Crippen LogP contribution < -0.4 is 14.4 Å². The van der Waals surface area contributed by atoms with Crippen molar-refractivity contribution in [1.29, 1.82) is 0 Å². The number of hydrogen-bond acceptors (Lipinski definition) is 6. The first-order chi connectivity index (χ1) is 17.3. The van der Waals surface area contributed by atoms with Gasteiger partial charge < -0.3 is 19.7 Å². The smallest absolute Gasteiger partial charge is 0.300 e. The summed E-state index contributed by atoms with van der Waals surface area (Å²) < 4.78 is 11.3. The van der Waals surface area contributed by atoms with Crippen molar-refractivity contribution >= 4 is 23.1 Å². The molecule has 1 amide bonds. The molecule has 0 aliphatic carbocycles. The summed E-state index contributed by atoms with van der Waals surface area (Å²) in [6, 6.07) is 15.8. The van der Waals surface area contributed by atoms with E-state index in [1.54, 1.807) is 36.4 Å². The molecule has 7 nitrogen and oxygen atoms in total. The summed E-state index contributed by atoms with van der Waals surface area (Å²) in [5, 5.41) is 21.7. The van der Waals surface area contributed by atoms with Crippen LogP contribution in [-0.2, 0) is 9.59 Å². The van der Waals surface area contributed by atoms with Crippen LogP contribution >= 0.6 is 0 Å². The van der Waals surface area contributed by atoms with Gasteiger partial charge in [-0.1, -0.05) is 18.2 Å². The molecule has 36 heavy (non-hydrogen) atoms. The summed E-state index contributed by atoms with van der Waals surface area (Å²) in [5.74, 6) is -1.09. The molecule has 186 valence electrons. The number of phenolic OH excluding ortho intramolecular Hbond substituents is 1. The number of Topliss-reactive ketones (excluding diaryl/α,β-unsaturated/α-hetero) is 1. The number of aromatic hydroxyl groups is 1. The molecule has 1 unspecified atom stereocenters. The lowest BCUT2D eigenvalue weighted by molar-refractivity contribution is -0.132. The zero-order chi connectivity index (χ0) is 26.0. The molecule has 3 aromatic rings. The first kappa shape index (κ1) is 24.9. The van der Waals surface area contributed by atoms with E-state index in [0.717, 1.165) is 11.1 Å². The number of carbonyl (C=O) groups is 2. The van der Waals surface area contributed by atoms with Crippen molar-refractivity contribution in [3.8, 4) is 17.2 Å². The van der Waals surface area contributed by atoms with E-state index in [0.29, 0.717) is 36.0 Å². The molecule has 1 atom stereocenters. The summed E-state index contributed by atoms with van der Waals surface area (Å²) in [4.78, 5) is 28.2. The average molecular weight is 488 g/mol. The van der Waals surface area contributed by atoms with E-state index in [9.17, 15) is 19.8 Å². The molecule has 1 saturated heterocycles. The minimum absolute atomic E-state index is 0.0192. The Kier molecular flexibility index (Phi) is 7.01. The number of nitrogens with zero attached hydrogens (tertiary/aromatic N) is 1. The van der Waals surface area contributed by atoms with Crippen molar-refractivity contribution in [2.45, 2.75) is 33.7 Å². The molecule has 7 heteroatoms. The molecular weight excluding hydrogens is 458 g/mol. The molecule has 0 radical (unpaired) electrons. The minimum atomic E-state index is -0.958. The number of hydrogen-bond donors (Lipinski definition) is 2. The number of benzene rings is 3. The highest BCUT2D eigenvalue weighted by atomic mass is 16.5. The highest BCUT2D eigenvalue weighted by molar-refractivity contribution is 6.51. The first-order valence-corrected chi connectivity index (χ1v) is 11.8. The molecule has 1 aliphatic heterocycles. The van der Waals surface area contributed by atoms with Crippen LogP contribution in [0, 0.1) is 13.8 Å². The van der Waals surface area contributed by atoms with Crippen molar-refractivity contribution in [3.63, 3.8) is 0 Å². The first-order valence-electron chi connectivity index (χ1n) is 11.8. The third-order valence-corrected chi connectivity index (χ3v) is 6.22. The third-order valence-electron chi connectivity index (χ3n) is 6.22. The lowest BCUT2D eigenvalue weighted by Gasteiger charge is -2.26. The van der Waals surface area contributed by atoms with Gasteiger partial charge in [0, 0.05) is 11.8 Å². The second-order valence-electron chi connectivity index (χ2n) is 8.56. The Morgan fingerprint density at radius 1 is 0.917 bits per heavy atom. The van der Waals surface area contributed by atoms with Crippen LogP contribution in [0.2, 0.25) is 0 Å². The number of carbonyl (C=O) groups excluding carboxylic acids is 2. The molecule has 2 N–H and O–H groups in total. The largest absolute Gasteiger partial charge is 0.508 e. The monoisotopic (exact) mass is 487 g/mol. The Labute approximate surface area is 210 Å². The van der Waals surface area contributed by atoms with Gasteiger partial charge in [0.05, 0.1) is 30.4 Å². The molecule has 4 rings (SSSR count). The highest BCUT2D eigenvalue weighted by Crippen LogP contribution is 2.44. The van der Waals surface area contributed by atoms with Crippen molar-refractivity contribution < 1.29 is 29.3 Å². The molecule has 1 aliphatic rings. The van der Waals surface area contributed by atoms with Crippen LogP contribution in [0.5, 0.6) is 17.2 Å². The van der Waals surface area contributed by atoms with Gasteiger partial charge in [-0.25, -0.2) is 0 Å². The van der Waals surface area contributed by atoms with E-state index in [2.05, 4.69) is 0 Å². The topological polar surface area (TPSA) is 96.3 Å². The van der Waals surface area contributed by atoms with Crippen molar-refractivity contribution in [2.75, 3.05) is 18.1 Å². The number of rotatable bonds is 7. The molecule has 0 bridgehead atoms. The van der Waals surface area contributed by atoms with E-state index in [1.807, 2.05) is 39.8 Å². The fraction of sp³-hybridized carbons (Fsp3) is 0.241. The Morgan fingerprint density at radius 2 is 1.67 bits per heavy atom. The molecular formula is C29H29NO6. The number of aliphatic hydroxyl groups excluding tert-OH is 1. The Morgan fingerprint density at radius 3 is 2.33 bits per heavy atom. The fourth-order valence-electron chi connectivity index (χ4n) is 4.36. The molecule has 3 aromatic carbocycles. The van der Waals surface area contributed by atoms with Gasteiger partial charge in [0.25, 0.3) is 11.7 Å². The number of aryl methyl sites for hydroxylation is 2. The number of amides is 1. The van der Waals surface area contributed by atoms with Crippen LogP contribution in [0.3, 0.4) is 0 Å². The van der Waals surface area contributed by atoms with Gasteiger partial charge in [0.1, 0.15) is 23.0 Å². The predicted molar refractivity (Wildman–Crippen MR) is 138 cm³/mol. The van der Waals surface area contributed by atoms with E-state index in [4.69, 9.17) is 9.47 Å². The number of anilines is 1. The molecule has 0 saturated carbocycles. The van der Waals surface area contributed by atoms with Crippen LogP contribution in [-0.4, -0.2) is 35.1 Å². The van der Waals surface area contributed by atoms with Crippen LogP contribution in [0.15, 0.2) is 66.2 Å². The second kappa shape index (κ2) is 10.2. The van der Waals surface area contributed by atoms with Gasteiger partial charge >= 0.3 is 0 Å². The Balaban J connectivity index is 1.96. The lowest BCUT2D eigenvalue weighted by Crippen LogP contribution is -2.29. The SMILES string of the molecule is CCOc1ccc(/C(O)=C2/C(=O)C(=O)N(c3ccc(C)c(C)c3)C2c2cccc(O)c2)c(OCC)c1. The summed E-state index contributed by atoms with van der Waals surface area (Å²) >= 11 is 0. The summed E-state index contributed by atoms with van der Waals surface area (Å²) in [6.45, 7) is 8.33. The fourth-order valence-corrected chi connectivity index (χ4v) is 4.36. The zero-order valence-electron chi connectivity index (χ0n) is 20.7. The third kappa shape index (κ3) is 4.52. The van der Waals surface area contributed by atoms with E-state index in [-0.39, 0.29) is 22.6 Å². The predicted octanol–water partition coefficient (Wildman–Crippen LogP) is 5.43. The standard InChI is InChI=1S/C29H29NO6/c1-5-35-22-12-13-23(24(16-22)36-6-2)27(32)25-26(19-8-7-9-21(31)15-19)30(29(34)28(25)33)20-11-10-17(3)18(4)14-20/h7-16,26,31-32H,5-6H2,1-4H3/b27-25-. The zero-order valence-corrected chi connectivity index (χ0v) is 20.7. The molecule has 0 aromatic heterocycles. The van der Waals surface area contributed by atoms with Crippen molar-refractivity contribution in [2.24, 2.45) is 0 Å². The number of aliphatic hydroxyl groups is 1. The normalized spacial score (nSPS) is 16.9. The van der Waals surface area contributed by atoms with E-state index in [1.165, 1.54) is 17.0 Å². The van der Waals surface area contributed by atoms with Crippen LogP contribution in [0.1, 0.15) is 42.1 Å². The maximum Gasteiger partial charge on any atom is 0.300 e. The molecule has 1 fully saturated rings. The van der Waals surface area contributed by atoms with Gasteiger partial charge in [-0.15, -0.1) is 0 Å². The maximum absolute atomic E-state index is 13.4. The number of phenols is 1. The summed E-state index contributed by atoms with van der Waals surface area (Å²) in [5.41, 5.74) is 3.17. The summed E-state index contributed by atoms with van der Waals surface area (Å²) in [6.07, 6.45) is 0. The Bertz CT molecular complexity index is 1360. The van der Waals surface area contributed by atoms with Gasteiger partial charge in [-0.05, 0) is 80.8 Å². The van der Waals surface area contributed by atoms with Gasteiger partial charge in [-0.2, -0.15) is 0 Å². The minimum Gasteiger partial charge on any atom is -0.508 e. The van der Waals surface area contributed by atoms with Crippen LogP contribution in [0.25, 0.3) is 5.76 Å². The number of ketones is 1. The molecule has 0 spiro atoms. The summed E-state index contributed by atoms with van der Waals surface area (Å²) in [7, 11) is 0. The average Bonchev–Trinajstić information content (AvgIpc) is 3.11.